The van der Waals surface area contributed by atoms with Crippen LogP contribution < -0.4 is 5.32 Å². The van der Waals surface area contributed by atoms with Crippen molar-refractivity contribution in [2.75, 3.05) is 39.3 Å². The molecule has 0 spiro atoms. The Morgan fingerprint density at radius 1 is 1.24 bits per heavy atom. The number of nitrogens with zero attached hydrogens (tertiary/aromatic N) is 2. The third-order valence-corrected chi connectivity index (χ3v) is 6.16. The number of amidine groups is 1. The lowest BCUT2D eigenvalue weighted by Gasteiger charge is -2.35. The predicted molar refractivity (Wildman–Crippen MR) is 123 cm³/mol. The first-order valence-electron chi connectivity index (χ1n) is 10.5. The number of aromatic nitrogens is 1. The molecule has 1 aromatic carbocycles. The summed E-state index contributed by atoms with van der Waals surface area (Å²) in [5.74, 6) is -0.542. The molecule has 0 bridgehead atoms. The van der Waals surface area contributed by atoms with Crippen molar-refractivity contribution in [3.63, 3.8) is 0 Å². The number of fused-ring (bicyclic) bond motifs is 1. The molecular weight excluding hydrogens is 457 g/mol. The number of aromatic amines is 1. The Morgan fingerprint density at radius 3 is 2.64 bits per heavy atom. The quantitative estimate of drug-likeness (QED) is 0.372. The van der Waals surface area contributed by atoms with E-state index in [1.165, 1.54) is 0 Å². The fraction of sp³-hybridized carbons (Fsp3) is 0.476. The Hall–Kier alpha value is -2.57. The Morgan fingerprint density at radius 2 is 1.94 bits per heavy atom. The number of rotatable bonds is 6. The van der Waals surface area contributed by atoms with E-state index in [0.29, 0.717) is 32.6 Å². The van der Waals surface area contributed by atoms with Gasteiger partial charge in [-0.25, -0.2) is 0 Å². The summed E-state index contributed by atoms with van der Waals surface area (Å²) in [6, 6.07) is 7.70. The minimum absolute atomic E-state index is 0.0747. The zero-order valence-corrected chi connectivity index (χ0v) is 19.0. The molecule has 2 aromatic rings. The molecule has 1 atom stereocenters. The van der Waals surface area contributed by atoms with Crippen LogP contribution in [0.3, 0.4) is 0 Å². The minimum atomic E-state index is -4.63. The summed E-state index contributed by atoms with van der Waals surface area (Å²) in [6.07, 6.45) is -2.11. The second-order valence-electron chi connectivity index (χ2n) is 7.80. The van der Waals surface area contributed by atoms with E-state index < -0.39 is 18.9 Å². The van der Waals surface area contributed by atoms with E-state index in [1.807, 2.05) is 42.3 Å². The molecule has 8 nitrogen and oxygen atoms in total. The van der Waals surface area contributed by atoms with Crippen LogP contribution in [0.15, 0.2) is 30.5 Å². The number of piperazine rings is 1. The van der Waals surface area contributed by atoms with Crippen molar-refractivity contribution in [1.29, 1.82) is 10.8 Å². The molecule has 1 saturated heterocycles. The Bertz CT molecular complexity index is 988. The first kappa shape index (κ1) is 25.1. The lowest BCUT2D eigenvalue weighted by molar-refractivity contribution is -0.325. The zero-order valence-electron chi connectivity index (χ0n) is 18.2. The van der Waals surface area contributed by atoms with Crippen LogP contribution in [0.25, 0.3) is 10.9 Å². The lowest BCUT2D eigenvalue weighted by Crippen LogP contribution is -2.49. The van der Waals surface area contributed by atoms with Crippen LogP contribution in [0.1, 0.15) is 12.5 Å². The third kappa shape index (κ3) is 7.47. The average Bonchev–Trinajstić information content (AvgIpc) is 3.16. The highest BCUT2D eigenvalue weighted by Gasteiger charge is 2.29. The van der Waals surface area contributed by atoms with Gasteiger partial charge in [-0.3, -0.25) is 25.2 Å². The Balaban J connectivity index is 1.39. The molecule has 4 N–H and O–H groups in total. The normalized spacial score (nSPS) is 16.1. The number of nitrogens with one attached hydrogen (secondary N) is 4. The van der Waals surface area contributed by atoms with Gasteiger partial charge in [0.1, 0.15) is 0 Å². The van der Waals surface area contributed by atoms with Crippen molar-refractivity contribution < 1.29 is 22.7 Å². The molecule has 1 aliphatic heterocycles. The third-order valence-electron chi connectivity index (χ3n) is 5.32. The number of hydrogen-bond acceptors (Lipinski definition) is 6. The molecule has 0 aliphatic carbocycles. The molecule has 12 heteroatoms. The molecule has 0 radical (unpaired) electrons. The Kier molecular flexibility index (Phi) is 8.38. The molecule has 1 unspecified atom stereocenters. The number of thioether (sulfide) groups is 1. The maximum Gasteiger partial charge on any atom is 0.522 e. The van der Waals surface area contributed by atoms with E-state index in [2.05, 4.69) is 15.0 Å². The number of ether oxygens (including phenoxy) is 1. The van der Waals surface area contributed by atoms with Gasteiger partial charge in [-0.05, 0) is 36.7 Å². The molecular formula is C21H27F3N6O2S. The molecule has 0 saturated carbocycles. The van der Waals surface area contributed by atoms with Crippen LogP contribution in [-0.2, 0) is 16.0 Å². The summed E-state index contributed by atoms with van der Waals surface area (Å²) in [5.41, 5.74) is 2.10. The molecule has 3 rings (SSSR count). The van der Waals surface area contributed by atoms with E-state index in [-0.39, 0.29) is 22.8 Å². The van der Waals surface area contributed by atoms with Crippen molar-refractivity contribution in [1.82, 2.24) is 20.1 Å². The van der Waals surface area contributed by atoms with Crippen LogP contribution in [0.5, 0.6) is 0 Å². The van der Waals surface area contributed by atoms with Gasteiger partial charge in [0.2, 0.25) is 0 Å². The largest absolute Gasteiger partial charge is 0.522 e. The molecule has 1 aliphatic rings. The molecule has 1 fully saturated rings. The van der Waals surface area contributed by atoms with Crippen LogP contribution >= 0.6 is 11.8 Å². The van der Waals surface area contributed by atoms with Gasteiger partial charge in [-0.15, -0.1) is 13.2 Å². The van der Waals surface area contributed by atoms with Gasteiger partial charge < -0.3 is 15.2 Å². The first-order valence-corrected chi connectivity index (χ1v) is 11.3. The fourth-order valence-corrected chi connectivity index (χ4v) is 4.30. The summed E-state index contributed by atoms with van der Waals surface area (Å²) < 4.78 is 40.0. The van der Waals surface area contributed by atoms with E-state index in [1.54, 1.807) is 4.90 Å². The number of para-hydroxylation sites is 1. The van der Waals surface area contributed by atoms with Crippen molar-refractivity contribution >= 4 is 38.8 Å². The maximum atomic E-state index is 12.4. The molecule has 2 heterocycles. The molecule has 180 valence electrons. The summed E-state index contributed by atoms with van der Waals surface area (Å²) in [6.45, 7) is 3.41. The number of benzene rings is 1. The molecule has 33 heavy (non-hydrogen) atoms. The summed E-state index contributed by atoms with van der Waals surface area (Å²) in [5, 5.41) is 19.9. The van der Waals surface area contributed by atoms with Gasteiger partial charge >= 0.3 is 6.36 Å². The monoisotopic (exact) mass is 484 g/mol. The number of halogens is 3. The number of hydrogen-bond donors (Lipinski definition) is 4. The summed E-state index contributed by atoms with van der Waals surface area (Å²) >= 11 is 0.772. The number of carbonyl (C=O) groups is 1. The molecule has 1 amide bonds. The van der Waals surface area contributed by atoms with Gasteiger partial charge in [-0.1, -0.05) is 18.2 Å². The number of amides is 1. The van der Waals surface area contributed by atoms with E-state index in [9.17, 15) is 18.0 Å². The first-order chi connectivity index (χ1) is 15.6. The van der Waals surface area contributed by atoms with Crippen LogP contribution in [-0.4, -0.2) is 82.6 Å². The van der Waals surface area contributed by atoms with Crippen LogP contribution in [0.2, 0.25) is 0 Å². The van der Waals surface area contributed by atoms with E-state index >= 15 is 0 Å². The zero-order chi connectivity index (χ0) is 24.0. The van der Waals surface area contributed by atoms with Gasteiger partial charge in [0.15, 0.2) is 10.2 Å². The second-order valence-corrected chi connectivity index (χ2v) is 8.80. The van der Waals surface area contributed by atoms with E-state index in [0.717, 1.165) is 28.2 Å². The van der Waals surface area contributed by atoms with Crippen molar-refractivity contribution in [3.05, 3.63) is 36.0 Å². The minimum Gasteiger partial charge on any atom is -0.361 e. The predicted octanol–water partition coefficient (Wildman–Crippen LogP) is 3.01. The van der Waals surface area contributed by atoms with Crippen LogP contribution in [0.4, 0.5) is 13.2 Å². The van der Waals surface area contributed by atoms with Crippen molar-refractivity contribution in [3.8, 4) is 0 Å². The highest BCUT2D eigenvalue weighted by Crippen LogP contribution is 2.19. The van der Waals surface area contributed by atoms with Gasteiger partial charge in [0.25, 0.3) is 5.91 Å². The number of alkyl halides is 3. The SMILES string of the molecule is CC(Cc1c[nH]c2ccccc12)NC(=O)C(=N)SC(=N)N1CCN(CCOC(F)(F)F)CC1. The summed E-state index contributed by atoms with van der Waals surface area (Å²) in [4.78, 5) is 19.2. The second kappa shape index (κ2) is 11.0. The highest BCUT2D eigenvalue weighted by atomic mass is 32.2. The van der Waals surface area contributed by atoms with Gasteiger partial charge in [0.05, 0.1) is 6.61 Å². The smallest absolute Gasteiger partial charge is 0.361 e. The maximum absolute atomic E-state index is 12.4. The Labute approximate surface area is 193 Å². The van der Waals surface area contributed by atoms with Crippen molar-refractivity contribution in [2.45, 2.75) is 25.7 Å². The number of H-pyrrole nitrogens is 1. The average molecular weight is 485 g/mol. The topological polar surface area (TPSA) is 108 Å². The van der Waals surface area contributed by atoms with E-state index in [4.69, 9.17) is 10.8 Å². The van der Waals surface area contributed by atoms with Crippen LogP contribution in [0, 0.1) is 10.8 Å². The molecule has 1 aromatic heterocycles. The summed E-state index contributed by atoms with van der Waals surface area (Å²) in [7, 11) is 0. The fourth-order valence-electron chi connectivity index (χ4n) is 3.64. The lowest BCUT2D eigenvalue weighted by atomic mass is 10.1. The standard InChI is InChI=1S/C21H27F3N6O2S/c1-14(12-15-13-27-17-5-3-2-4-16(15)17)28-19(31)18(25)33-20(26)30-8-6-29(7-9-30)10-11-32-21(22,23)24/h2-5,13-14,25-27H,6-12H2,1H3,(H,28,31). The highest BCUT2D eigenvalue weighted by molar-refractivity contribution is 8.27. The van der Waals surface area contributed by atoms with Gasteiger partial charge in [0, 0.05) is 55.9 Å². The number of carbonyl (C=O) groups excluding carboxylic acids is 1. The van der Waals surface area contributed by atoms with Crippen molar-refractivity contribution in [2.24, 2.45) is 0 Å². The van der Waals surface area contributed by atoms with Gasteiger partial charge in [-0.2, -0.15) is 0 Å².